The number of benzene rings is 3. The third-order valence-electron chi connectivity index (χ3n) is 5.58. The Bertz CT molecular complexity index is 1100. The van der Waals surface area contributed by atoms with Gasteiger partial charge in [0.1, 0.15) is 11.3 Å². The van der Waals surface area contributed by atoms with Gasteiger partial charge in [-0.2, -0.15) is 0 Å². The van der Waals surface area contributed by atoms with Gasteiger partial charge in [0.15, 0.2) is 10.9 Å². The van der Waals surface area contributed by atoms with E-state index in [1.165, 1.54) is 28.5 Å². The first-order chi connectivity index (χ1) is 14.7. The Morgan fingerprint density at radius 3 is 2.00 bits per heavy atom. The maximum Gasteiger partial charge on any atom is 0.186 e. The zero-order valence-electron chi connectivity index (χ0n) is 16.3. The van der Waals surface area contributed by atoms with Gasteiger partial charge in [-0.1, -0.05) is 72.0 Å². The molecule has 1 aromatic heterocycles. The topological polar surface area (TPSA) is 19.4 Å². The SMILES string of the molecule is Fc1cc(F)c2nc(N3CCN(C(c4ccccc4)c4ccccc4)CC3)sc2c1. The van der Waals surface area contributed by atoms with Crippen molar-refractivity contribution in [3.63, 3.8) is 0 Å². The molecule has 1 aliphatic heterocycles. The first-order valence-electron chi connectivity index (χ1n) is 10.0. The highest BCUT2D eigenvalue weighted by atomic mass is 32.1. The van der Waals surface area contributed by atoms with Gasteiger partial charge in [0, 0.05) is 32.2 Å². The van der Waals surface area contributed by atoms with E-state index in [0.29, 0.717) is 4.70 Å². The second kappa shape index (κ2) is 8.13. The molecule has 0 aliphatic carbocycles. The lowest BCUT2D eigenvalue weighted by Gasteiger charge is -2.39. The van der Waals surface area contributed by atoms with E-state index in [0.717, 1.165) is 37.4 Å². The van der Waals surface area contributed by atoms with Crippen molar-refractivity contribution in [3.8, 4) is 0 Å². The Morgan fingerprint density at radius 1 is 0.800 bits per heavy atom. The maximum absolute atomic E-state index is 14.0. The summed E-state index contributed by atoms with van der Waals surface area (Å²) in [6, 6.07) is 23.5. The number of fused-ring (bicyclic) bond motifs is 1. The standard InChI is InChI=1S/C24H21F2N3S/c25-19-15-20(26)22-21(16-19)30-24(27-22)29-13-11-28(12-14-29)23(17-7-3-1-4-8-17)18-9-5-2-6-10-18/h1-10,15-16,23H,11-14H2. The number of halogens is 2. The molecule has 1 fully saturated rings. The predicted octanol–water partition coefficient (Wildman–Crippen LogP) is 5.49. The lowest BCUT2D eigenvalue weighted by atomic mass is 9.96. The largest absolute Gasteiger partial charge is 0.345 e. The average Bonchev–Trinajstić information content (AvgIpc) is 3.20. The normalized spacial score (nSPS) is 15.2. The van der Waals surface area contributed by atoms with Crippen LogP contribution >= 0.6 is 11.3 Å². The summed E-state index contributed by atoms with van der Waals surface area (Å²) in [5.74, 6) is -1.16. The van der Waals surface area contributed by atoms with Gasteiger partial charge >= 0.3 is 0 Å². The lowest BCUT2D eigenvalue weighted by molar-refractivity contribution is 0.212. The third kappa shape index (κ3) is 3.68. The lowest BCUT2D eigenvalue weighted by Crippen LogP contribution is -2.47. The number of hydrogen-bond donors (Lipinski definition) is 0. The highest BCUT2D eigenvalue weighted by Crippen LogP contribution is 2.34. The first-order valence-corrected chi connectivity index (χ1v) is 10.9. The molecule has 3 nitrogen and oxygen atoms in total. The Balaban J connectivity index is 1.38. The number of rotatable bonds is 4. The smallest absolute Gasteiger partial charge is 0.186 e. The molecule has 0 amide bonds. The fourth-order valence-electron chi connectivity index (χ4n) is 4.14. The van der Waals surface area contributed by atoms with Crippen molar-refractivity contribution in [2.24, 2.45) is 0 Å². The van der Waals surface area contributed by atoms with Crippen molar-refractivity contribution in [2.75, 3.05) is 31.1 Å². The molecule has 6 heteroatoms. The fraction of sp³-hybridized carbons (Fsp3) is 0.208. The Morgan fingerprint density at radius 2 is 1.40 bits per heavy atom. The highest BCUT2D eigenvalue weighted by Gasteiger charge is 2.27. The van der Waals surface area contributed by atoms with Crippen LogP contribution in [-0.4, -0.2) is 36.1 Å². The summed E-state index contributed by atoms with van der Waals surface area (Å²) in [6.07, 6.45) is 0. The molecule has 0 spiro atoms. The van der Waals surface area contributed by atoms with Gasteiger partial charge in [-0.15, -0.1) is 0 Å². The number of anilines is 1. The second-order valence-electron chi connectivity index (χ2n) is 7.48. The van der Waals surface area contributed by atoms with E-state index in [2.05, 4.69) is 63.3 Å². The summed E-state index contributed by atoms with van der Waals surface area (Å²) in [5.41, 5.74) is 2.80. The van der Waals surface area contributed by atoms with Crippen LogP contribution in [0, 0.1) is 11.6 Å². The Labute approximate surface area is 178 Å². The maximum atomic E-state index is 14.0. The first kappa shape index (κ1) is 19.2. The molecular weight excluding hydrogens is 400 g/mol. The van der Waals surface area contributed by atoms with Gasteiger partial charge in [0.05, 0.1) is 10.7 Å². The number of thiazole rings is 1. The number of nitrogens with zero attached hydrogens (tertiary/aromatic N) is 3. The molecule has 0 unspecified atom stereocenters. The molecule has 2 heterocycles. The van der Waals surface area contributed by atoms with Gasteiger partial charge in [0.2, 0.25) is 0 Å². The number of hydrogen-bond acceptors (Lipinski definition) is 4. The average molecular weight is 422 g/mol. The van der Waals surface area contributed by atoms with Crippen molar-refractivity contribution < 1.29 is 8.78 Å². The molecule has 0 N–H and O–H groups in total. The van der Waals surface area contributed by atoms with E-state index in [1.54, 1.807) is 0 Å². The zero-order chi connectivity index (χ0) is 20.5. The molecule has 3 aromatic carbocycles. The molecule has 30 heavy (non-hydrogen) atoms. The monoisotopic (exact) mass is 421 g/mol. The van der Waals surface area contributed by atoms with Crippen LogP contribution in [0.25, 0.3) is 10.2 Å². The molecule has 0 saturated carbocycles. The van der Waals surface area contributed by atoms with Crippen molar-refractivity contribution in [1.29, 1.82) is 0 Å². The van der Waals surface area contributed by atoms with Crippen LogP contribution in [0.5, 0.6) is 0 Å². The minimum absolute atomic E-state index is 0.191. The van der Waals surface area contributed by atoms with Gasteiger partial charge in [-0.05, 0) is 17.2 Å². The van der Waals surface area contributed by atoms with Crippen LogP contribution in [0.3, 0.4) is 0 Å². The summed E-state index contributed by atoms with van der Waals surface area (Å²) in [5, 5.41) is 0.755. The summed E-state index contributed by atoms with van der Waals surface area (Å²) in [6.45, 7) is 3.31. The van der Waals surface area contributed by atoms with E-state index < -0.39 is 11.6 Å². The summed E-state index contributed by atoms with van der Waals surface area (Å²) in [4.78, 5) is 9.10. The Kier molecular flexibility index (Phi) is 5.19. The molecule has 0 radical (unpaired) electrons. The van der Waals surface area contributed by atoms with Crippen molar-refractivity contribution in [2.45, 2.75) is 6.04 Å². The van der Waals surface area contributed by atoms with Crippen molar-refractivity contribution in [3.05, 3.63) is 95.6 Å². The third-order valence-corrected chi connectivity index (χ3v) is 6.65. The van der Waals surface area contributed by atoms with Gasteiger partial charge in [-0.3, -0.25) is 4.90 Å². The molecule has 0 bridgehead atoms. The van der Waals surface area contributed by atoms with E-state index in [9.17, 15) is 8.78 Å². The van der Waals surface area contributed by atoms with E-state index in [1.807, 2.05) is 12.1 Å². The van der Waals surface area contributed by atoms with Gasteiger partial charge in [0.25, 0.3) is 0 Å². The number of piperazine rings is 1. The molecule has 4 aromatic rings. The van der Waals surface area contributed by atoms with Crippen LogP contribution in [0.4, 0.5) is 13.9 Å². The van der Waals surface area contributed by atoms with Gasteiger partial charge in [-0.25, -0.2) is 13.8 Å². The van der Waals surface area contributed by atoms with Crippen LogP contribution < -0.4 is 4.90 Å². The van der Waals surface area contributed by atoms with Crippen LogP contribution in [-0.2, 0) is 0 Å². The molecule has 1 saturated heterocycles. The molecule has 152 valence electrons. The van der Waals surface area contributed by atoms with Gasteiger partial charge < -0.3 is 4.90 Å². The van der Waals surface area contributed by atoms with Crippen LogP contribution in [0.15, 0.2) is 72.8 Å². The number of aromatic nitrogens is 1. The quantitative estimate of drug-likeness (QED) is 0.435. The minimum atomic E-state index is -0.598. The van der Waals surface area contributed by atoms with Crippen LogP contribution in [0.1, 0.15) is 17.2 Å². The predicted molar refractivity (Wildman–Crippen MR) is 118 cm³/mol. The van der Waals surface area contributed by atoms with Crippen molar-refractivity contribution >= 4 is 26.7 Å². The van der Waals surface area contributed by atoms with Crippen molar-refractivity contribution in [1.82, 2.24) is 9.88 Å². The summed E-state index contributed by atoms with van der Waals surface area (Å²) >= 11 is 1.35. The highest BCUT2D eigenvalue weighted by molar-refractivity contribution is 7.22. The van der Waals surface area contributed by atoms with Crippen LogP contribution in [0.2, 0.25) is 0 Å². The molecule has 1 aliphatic rings. The molecule has 5 rings (SSSR count). The minimum Gasteiger partial charge on any atom is -0.345 e. The second-order valence-corrected chi connectivity index (χ2v) is 8.49. The Hall–Kier alpha value is -2.83. The molecular formula is C24H21F2N3S. The summed E-state index contributed by atoms with van der Waals surface area (Å²) in [7, 11) is 0. The van der Waals surface area contributed by atoms with E-state index in [-0.39, 0.29) is 11.6 Å². The van der Waals surface area contributed by atoms with E-state index >= 15 is 0 Å². The molecule has 0 atom stereocenters. The summed E-state index contributed by atoms with van der Waals surface area (Å²) < 4.78 is 28.1. The zero-order valence-corrected chi connectivity index (χ0v) is 17.2. The van der Waals surface area contributed by atoms with E-state index in [4.69, 9.17) is 0 Å². The fourth-order valence-corrected chi connectivity index (χ4v) is 5.19.